The minimum Gasteiger partial charge on any atom is -0.356 e. The van der Waals surface area contributed by atoms with Crippen LogP contribution in [0.5, 0.6) is 0 Å². The molecule has 0 saturated carbocycles. The number of carbonyl (C=O) groups is 2. The minimum atomic E-state index is -0.0198. The largest absolute Gasteiger partial charge is 0.356 e. The summed E-state index contributed by atoms with van der Waals surface area (Å²) >= 11 is 3.12. The van der Waals surface area contributed by atoms with Gasteiger partial charge in [-0.05, 0) is 55.2 Å². The van der Waals surface area contributed by atoms with Crippen molar-refractivity contribution in [2.75, 3.05) is 44.2 Å². The summed E-state index contributed by atoms with van der Waals surface area (Å²) in [7, 11) is 0. The van der Waals surface area contributed by atoms with Gasteiger partial charge in [0.2, 0.25) is 5.91 Å². The molecule has 8 heteroatoms. The van der Waals surface area contributed by atoms with Crippen LogP contribution in [0.3, 0.4) is 0 Å². The van der Waals surface area contributed by atoms with E-state index in [9.17, 15) is 9.59 Å². The van der Waals surface area contributed by atoms with E-state index in [0.717, 1.165) is 61.1 Å². The van der Waals surface area contributed by atoms with Crippen molar-refractivity contribution in [1.29, 1.82) is 0 Å². The number of ketones is 1. The number of thiophene rings is 1. The van der Waals surface area contributed by atoms with E-state index >= 15 is 0 Å². The molecule has 1 aromatic carbocycles. The summed E-state index contributed by atoms with van der Waals surface area (Å²) in [5, 5.41) is 4.04. The molecule has 0 bridgehead atoms. The molecule has 1 saturated heterocycles. The summed E-state index contributed by atoms with van der Waals surface area (Å²) < 4.78 is 5.92. The molecule has 1 aliphatic heterocycles. The number of nitrogens with one attached hydrogen (secondary N) is 1. The average molecular weight is 457 g/mol. The lowest BCUT2D eigenvalue weighted by molar-refractivity contribution is -0.118. The lowest BCUT2D eigenvalue weighted by Gasteiger charge is -2.35. The van der Waals surface area contributed by atoms with Gasteiger partial charge in [-0.1, -0.05) is 12.1 Å². The number of hydrogen-bond acceptors (Lipinski definition) is 7. The van der Waals surface area contributed by atoms with Crippen LogP contribution in [0.1, 0.15) is 34.3 Å². The molecule has 1 amide bonds. The van der Waals surface area contributed by atoms with Crippen LogP contribution in [0.25, 0.3) is 10.1 Å². The molecule has 0 aliphatic carbocycles. The van der Waals surface area contributed by atoms with Crippen molar-refractivity contribution in [3.05, 3.63) is 46.2 Å². The number of amides is 1. The van der Waals surface area contributed by atoms with Gasteiger partial charge >= 0.3 is 0 Å². The molecule has 31 heavy (non-hydrogen) atoms. The molecule has 164 valence electrons. The number of fused-ring (bicyclic) bond motifs is 1. The highest BCUT2D eigenvalue weighted by Crippen LogP contribution is 2.29. The molecule has 3 aromatic rings. The highest BCUT2D eigenvalue weighted by Gasteiger charge is 2.20. The molecular formula is C23H28N4O2S2. The van der Waals surface area contributed by atoms with Gasteiger partial charge in [0.1, 0.15) is 5.82 Å². The van der Waals surface area contributed by atoms with Gasteiger partial charge in [0.05, 0.1) is 9.58 Å². The van der Waals surface area contributed by atoms with E-state index in [4.69, 9.17) is 0 Å². The van der Waals surface area contributed by atoms with Gasteiger partial charge in [-0.3, -0.25) is 14.5 Å². The fourth-order valence-electron chi connectivity index (χ4n) is 3.89. The lowest BCUT2D eigenvalue weighted by Crippen LogP contribution is -2.46. The first-order chi connectivity index (χ1) is 15.1. The highest BCUT2D eigenvalue weighted by atomic mass is 32.1. The van der Waals surface area contributed by atoms with Gasteiger partial charge < -0.3 is 10.2 Å². The molecule has 0 spiro atoms. The standard InChI is InChI=1S/C23H28N4O2S2/c1-17(28)24-11-10-18-8-9-22(30-18)20(29)6-4-12-26-13-15-27(16-14-26)23-19-5-2-3-7-21(19)31-25-23/h2-3,5,7-9H,4,6,10-16H2,1H3,(H,24,28). The first-order valence-corrected chi connectivity index (χ1v) is 12.4. The minimum absolute atomic E-state index is 0.0198. The zero-order valence-corrected chi connectivity index (χ0v) is 19.4. The number of carbonyl (C=O) groups excluding carboxylic acids is 2. The number of Topliss-reactive ketones (excluding diaryl/α,β-unsaturated/α-hetero) is 1. The fraction of sp³-hybridized carbons (Fsp3) is 0.435. The van der Waals surface area contributed by atoms with Gasteiger partial charge in [0.25, 0.3) is 0 Å². The van der Waals surface area contributed by atoms with Crippen LogP contribution in [-0.2, 0) is 11.2 Å². The predicted octanol–water partition coefficient (Wildman–Crippen LogP) is 3.82. The smallest absolute Gasteiger partial charge is 0.216 e. The first kappa shape index (κ1) is 21.9. The van der Waals surface area contributed by atoms with Gasteiger partial charge in [-0.25, -0.2) is 0 Å². The quantitative estimate of drug-likeness (QED) is 0.496. The van der Waals surface area contributed by atoms with Crippen LogP contribution in [0.4, 0.5) is 5.82 Å². The average Bonchev–Trinajstić information content (AvgIpc) is 3.41. The molecule has 1 aliphatic rings. The van der Waals surface area contributed by atoms with Gasteiger partial charge in [0, 0.05) is 56.3 Å². The normalized spacial score (nSPS) is 14.8. The van der Waals surface area contributed by atoms with Crippen molar-refractivity contribution in [3.8, 4) is 0 Å². The predicted molar refractivity (Wildman–Crippen MR) is 129 cm³/mol. The Hall–Kier alpha value is -2.29. The van der Waals surface area contributed by atoms with Crippen molar-refractivity contribution in [1.82, 2.24) is 14.6 Å². The summed E-state index contributed by atoms with van der Waals surface area (Å²) in [6, 6.07) is 12.3. The molecule has 1 fully saturated rings. The van der Waals surface area contributed by atoms with Gasteiger partial charge in [-0.15, -0.1) is 11.3 Å². The molecule has 4 rings (SSSR count). The Labute approximate surface area is 191 Å². The maximum atomic E-state index is 12.5. The summed E-state index contributed by atoms with van der Waals surface area (Å²) in [6.07, 6.45) is 2.25. The molecule has 2 aromatic heterocycles. The number of nitrogens with zero attached hydrogens (tertiary/aromatic N) is 3. The van der Waals surface area contributed by atoms with Crippen molar-refractivity contribution >= 4 is 50.5 Å². The van der Waals surface area contributed by atoms with Crippen LogP contribution in [0, 0.1) is 0 Å². The molecular weight excluding hydrogens is 428 g/mol. The third-order valence-electron chi connectivity index (χ3n) is 5.59. The van der Waals surface area contributed by atoms with E-state index in [1.165, 1.54) is 17.0 Å². The molecule has 0 radical (unpaired) electrons. The van der Waals surface area contributed by atoms with Crippen LogP contribution in [0.2, 0.25) is 0 Å². The van der Waals surface area contributed by atoms with Crippen LogP contribution >= 0.6 is 22.9 Å². The van der Waals surface area contributed by atoms with Crippen LogP contribution in [0.15, 0.2) is 36.4 Å². The van der Waals surface area contributed by atoms with E-state index in [1.54, 1.807) is 22.9 Å². The number of anilines is 1. The third-order valence-corrected chi connectivity index (χ3v) is 7.59. The van der Waals surface area contributed by atoms with Crippen LogP contribution < -0.4 is 10.2 Å². The summed E-state index contributed by atoms with van der Waals surface area (Å²) in [5.41, 5.74) is 0. The second-order valence-electron chi connectivity index (χ2n) is 7.86. The van der Waals surface area contributed by atoms with Crippen molar-refractivity contribution < 1.29 is 9.59 Å². The van der Waals surface area contributed by atoms with E-state index in [2.05, 4.69) is 43.8 Å². The Kier molecular flexibility index (Phi) is 7.32. The maximum absolute atomic E-state index is 12.5. The second kappa shape index (κ2) is 10.3. The Morgan fingerprint density at radius 2 is 1.90 bits per heavy atom. The van der Waals surface area contributed by atoms with E-state index < -0.39 is 0 Å². The summed E-state index contributed by atoms with van der Waals surface area (Å²) in [5.74, 6) is 1.32. The number of aromatic nitrogens is 1. The maximum Gasteiger partial charge on any atom is 0.216 e. The Bertz CT molecular complexity index is 1040. The lowest BCUT2D eigenvalue weighted by atomic mass is 10.1. The number of rotatable bonds is 9. The third kappa shape index (κ3) is 5.70. The van der Waals surface area contributed by atoms with Crippen LogP contribution in [-0.4, -0.2) is 60.2 Å². The molecule has 6 nitrogen and oxygen atoms in total. The topological polar surface area (TPSA) is 65.5 Å². The number of benzene rings is 1. The SMILES string of the molecule is CC(=O)NCCc1ccc(C(=O)CCCN2CCN(c3nsc4ccccc34)CC2)s1. The Morgan fingerprint density at radius 3 is 2.71 bits per heavy atom. The molecule has 0 atom stereocenters. The van der Waals surface area contributed by atoms with Gasteiger partial charge in [0.15, 0.2) is 5.78 Å². The Balaban J connectivity index is 1.18. The fourth-order valence-corrected chi connectivity index (χ4v) is 5.66. The van der Waals surface area contributed by atoms with E-state index in [-0.39, 0.29) is 11.7 Å². The molecule has 0 unspecified atom stereocenters. The Morgan fingerprint density at radius 1 is 1.10 bits per heavy atom. The first-order valence-electron chi connectivity index (χ1n) is 10.8. The second-order valence-corrected chi connectivity index (χ2v) is 9.83. The van der Waals surface area contributed by atoms with Crippen molar-refractivity contribution in [3.63, 3.8) is 0 Å². The number of piperazine rings is 1. The molecule has 1 N–H and O–H groups in total. The summed E-state index contributed by atoms with van der Waals surface area (Å²) in [6.45, 7) is 7.06. The zero-order chi connectivity index (χ0) is 21.6. The van der Waals surface area contributed by atoms with E-state index in [1.807, 2.05) is 12.1 Å². The van der Waals surface area contributed by atoms with E-state index in [0.29, 0.717) is 13.0 Å². The molecule has 3 heterocycles. The highest BCUT2D eigenvalue weighted by molar-refractivity contribution is 7.14. The van der Waals surface area contributed by atoms with Gasteiger partial charge in [-0.2, -0.15) is 4.37 Å². The van der Waals surface area contributed by atoms with Crippen molar-refractivity contribution in [2.45, 2.75) is 26.2 Å². The van der Waals surface area contributed by atoms with Crippen molar-refractivity contribution in [2.24, 2.45) is 0 Å². The zero-order valence-electron chi connectivity index (χ0n) is 17.8. The summed E-state index contributed by atoms with van der Waals surface area (Å²) in [4.78, 5) is 30.3. The monoisotopic (exact) mass is 456 g/mol. The number of hydrogen-bond donors (Lipinski definition) is 1.